The molecule has 0 amide bonds. The summed E-state index contributed by atoms with van der Waals surface area (Å²) < 4.78 is 14.1. The van der Waals surface area contributed by atoms with Crippen molar-refractivity contribution in [3.8, 4) is 0 Å². The van der Waals surface area contributed by atoms with E-state index in [0.29, 0.717) is 11.4 Å². The number of halogens is 1. The molecule has 0 fully saturated rings. The van der Waals surface area contributed by atoms with E-state index in [9.17, 15) is 4.39 Å². The van der Waals surface area contributed by atoms with Crippen molar-refractivity contribution in [2.24, 2.45) is 0 Å². The number of aromatic nitrogens is 1. The van der Waals surface area contributed by atoms with Gasteiger partial charge < -0.3 is 5.32 Å². The van der Waals surface area contributed by atoms with Gasteiger partial charge >= 0.3 is 0 Å². The fraction of sp³-hybridized carbons (Fsp3) is 0.188. The molecule has 2 nitrogen and oxygen atoms in total. The molecule has 0 aliphatic rings. The number of thiazole rings is 1. The Morgan fingerprint density at radius 2 is 2.00 bits per heavy atom. The fourth-order valence-corrected chi connectivity index (χ4v) is 2.97. The molecule has 1 heterocycles. The third kappa shape index (κ3) is 2.80. The molecule has 1 unspecified atom stereocenters. The molecule has 20 heavy (non-hydrogen) atoms. The van der Waals surface area contributed by atoms with Gasteiger partial charge in [0.2, 0.25) is 0 Å². The van der Waals surface area contributed by atoms with E-state index in [4.69, 9.17) is 0 Å². The average molecular weight is 286 g/mol. The Hall–Kier alpha value is -1.94. The molecular formula is C16H15FN2S. The van der Waals surface area contributed by atoms with Crippen molar-refractivity contribution in [2.75, 3.05) is 11.9 Å². The van der Waals surface area contributed by atoms with Crippen LogP contribution in [0.1, 0.15) is 18.4 Å². The minimum atomic E-state index is -0.244. The molecule has 1 N–H and O–H groups in total. The van der Waals surface area contributed by atoms with Gasteiger partial charge in [-0.1, -0.05) is 48.6 Å². The quantitative estimate of drug-likeness (QED) is 0.755. The maximum atomic E-state index is 13.1. The highest BCUT2D eigenvalue weighted by Crippen LogP contribution is 2.27. The highest BCUT2D eigenvalue weighted by molar-refractivity contribution is 7.22. The molecule has 1 aromatic heterocycles. The van der Waals surface area contributed by atoms with Crippen LogP contribution >= 0.6 is 11.3 Å². The lowest BCUT2D eigenvalue weighted by Gasteiger charge is -2.11. The van der Waals surface area contributed by atoms with Crippen LogP contribution in [0.5, 0.6) is 0 Å². The number of anilines is 1. The van der Waals surface area contributed by atoms with Gasteiger partial charge in [0, 0.05) is 12.6 Å². The van der Waals surface area contributed by atoms with E-state index < -0.39 is 0 Å². The Morgan fingerprint density at radius 1 is 1.20 bits per heavy atom. The van der Waals surface area contributed by atoms with Crippen LogP contribution in [0, 0.1) is 5.82 Å². The second-order valence-corrected chi connectivity index (χ2v) is 5.85. The molecule has 102 valence electrons. The van der Waals surface area contributed by atoms with Crippen molar-refractivity contribution >= 4 is 26.7 Å². The van der Waals surface area contributed by atoms with E-state index in [1.807, 2.05) is 18.2 Å². The van der Waals surface area contributed by atoms with Crippen molar-refractivity contribution in [3.05, 3.63) is 59.9 Å². The Bertz CT molecular complexity index is 709. The molecule has 1 atom stereocenters. The summed E-state index contributed by atoms with van der Waals surface area (Å²) in [4.78, 5) is 4.41. The number of benzene rings is 2. The lowest BCUT2D eigenvalue weighted by Crippen LogP contribution is -2.09. The van der Waals surface area contributed by atoms with Gasteiger partial charge in [0.1, 0.15) is 5.82 Å². The zero-order valence-corrected chi connectivity index (χ0v) is 12.0. The summed E-state index contributed by atoms with van der Waals surface area (Å²) in [7, 11) is 0. The summed E-state index contributed by atoms with van der Waals surface area (Å²) in [6.45, 7) is 2.99. The number of hydrogen-bond donors (Lipinski definition) is 1. The molecule has 4 heteroatoms. The molecule has 0 aliphatic carbocycles. The van der Waals surface area contributed by atoms with Crippen LogP contribution in [0.15, 0.2) is 48.5 Å². The number of nitrogens with one attached hydrogen (secondary N) is 1. The highest BCUT2D eigenvalue weighted by Gasteiger charge is 2.08. The minimum Gasteiger partial charge on any atom is -0.361 e. The van der Waals surface area contributed by atoms with Gasteiger partial charge in [-0.15, -0.1) is 0 Å². The standard InChI is InChI=1S/C16H15FN2S/c1-11(12-5-3-2-4-6-12)10-18-16-19-14-9-13(17)7-8-15(14)20-16/h2-9,11H,10H2,1H3,(H,18,19). The molecule has 2 aromatic carbocycles. The monoisotopic (exact) mass is 286 g/mol. The summed E-state index contributed by atoms with van der Waals surface area (Å²) in [6, 6.07) is 15.1. The zero-order chi connectivity index (χ0) is 13.9. The third-order valence-corrected chi connectivity index (χ3v) is 4.27. The van der Waals surface area contributed by atoms with Gasteiger partial charge in [-0.25, -0.2) is 9.37 Å². The van der Waals surface area contributed by atoms with Crippen LogP contribution in [0.2, 0.25) is 0 Å². The number of fused-ring (bicyclic) bond motifs is 1. The Morgan fingerprint density at radius 3 is 2.80 bits per heavy atom. The predicted molar refractivity (Wildman–Crippen MR) is 82.9 cm³/mol. The average Bonchev–Trinajstić information content (AvgIpc) is 2.87. The summed E-state index contributed by atoms with van der Waals surface area (Å²) in [6.07, 6.45) is 0. The third-order valence-electron chi connectivity index (χ3n) is 3.28. The lowest BCUT2D eigenvalue weighted by molar-refractivity contribution is 0.629. The lowest BCUT2D eigenvalue weighted by atomic mass is 10.0. The number of rotatable bonds is 4. The van der Waals surface area contributed by atoms with Gasteiger partial charge in [0.25, 0.3) is 0 Å². The van der Waals surface area contributed by atoms with Crippen LogP contribution < -0.4 is 5.32 Å². The van der Waals surface area contributed by atoms with Gasteiger partial charge in [-0.3, -0.25) is 0 Å². The maximum Gasteiger partial charge on any atom is 0.183 e. The van der Waals surface area contributed by atoms with Crippen molar-refractivity contribution in [1.29, 1.82) is 0 Å². The molecule has 0 aliphatic heterocycles. The van der Waals surface area contributed by atoms with Crippen molar-refractivity contribution in [1.82, 2.24) is 4.98 Å². The SMILES string of the molecule is CC(CNc1nc2cc(F)ccc2s1)c1ccccc1. The minimum absolute atomic E-state index is 0.244. The predicted octanol–water partition coefficient (Wildman–Crippen LogP) is 4.65. The summed E-state index contributed by atoms with van der Waals surface area (Å²) in [5.41, 5.74) is 2.01. The molecule has 0 radical (unpaired) electrons. The Balaban J connectivity index is 1.71. The fourth-order valence-electron chi connectivity index (χ4n) is 2.12. The maximum absolute atomic E-state index is 13.1. The van der Waals surface area contributed by atoms with Crippen molar-refractivity contribution in [3.63, 3.8) is 0 Å². The molecule has 0 saturated heterocycles. The molecule has 0 spiro atoms. The normalized spacial score (nSPS) is 12.5. The van der Waals surface area contributed by atoms with Gasteiger partial charge in [-0.05, 0) is 23.6 Å². The summed E-state index contributed by atoms with van der Waals surface area (Å²) in [5, 5.41) is 4.18. The molecule has 3 aromatic rings. The number of hydrogen-bond acceptors (Lipinski definition) is 3. The molecular weight excluding hydrogens is 271 g/mol. The van der Waals surface area contributed by atoms with Gasteiger partial charge in [0.15, 0.2) is 5.13 Å². The second kappa shape index (κ2) is 5.59. The first-order chi connectivity index (χ1) is 9.72. The second-order valence-electron chi connectivity index (χ2n) is 4.82. The van der Waals surface area contributed by atoms with Crippen LogP contribution in [-0.2, 0) is 0 Å². The first-order valence-corrected chi connectivity index (χ1v) is 7.39. The van der Waals surface area contributed by atoms with E-state index in [-0.39, 0.29) is 5.82 Å². The van der Waals surface area contributed by atoms with Crippen LogP contribution in [0.25, 0.3) is 10.2 Å². The first-order valence-electron chi connectivity index (χ1n) is 6.57. The Kier molecular flexibility index (Phi) is 3.65. The largest absolute Gasteiger partial charge is 0.361 e. The van der Waals surface area contributed by atoms with E-state index in [2.05, 4.69) is 29.4 Å². The van der Waals surface area contributed by atoms with E-state index in [0.717, 1.165) is 16.4 Å². The van der Waals surface area contributed by atoms with E-state index in [1.54, 1.807) is 17.4 Å². The van der Waals surface area contributed by atoms with Crippen LogP contribution in [0.4, 0.5) is 9.52 Å². The Labute approximate surface area is 121 Å². The zero-order valence-electron chi connectivity index (χ0n) is 11.1. The van der Waals surface area contributed by atoms with Crippen LogP contribution in [0.3, 0.4) is 0 Å². The molecule has 0 bridgehead atoms. The van der Waals surface area contributed by atoms with Crippen molar-refractivity contribution in [2.45, 2.75) is 12.8 Å². The van der Waals surface area contributed by atoms with Crippen LogP contribution in [-0.4, -0.2) is 11.5 Å². The van der Waals surface area contributed by atoms with E-state index in [1.165, 1.54) is 17.7 Å². The number of nitrogens with zero attached hydrogens (tertiary/aromatic N) is 1. The van der Waals surface area contributed by atoms with Crippen molar-refractivity contribution < 1.29 is 4.39 Å². The van der Waals surface area contributed by atoms with E-state index >= 15 is 0 Å². The smallest absolute Gasteiger partial charge is 0.183 e. The highest BCUT2D eigenvalue weighted by atomic mass is 32.1. The topological polar surface area (TPSA) is 24.9 Å². The first kappa shape index (κ1) is 13.1. The summed E-state index contributed by atoms with van der Waals surface area (Å²) >= 11 is 1.55. The van der Waals surface area contributed by atoms with Gasteiger partial charge in [-0.2, -0.15) is 0 Å². The molecule has 3 rings (SSSR count). The summed E-state index contributed by atoms with van der Waals surface area (Å²) in [5.74, 6) is 0.159. The van der Waals surface area contributed by atoms with Gasteiger partial charge in [0.05, 0.1) is 10.2 Å². The molecule has 0 saturated carbocycles.